The minimum Gasteiger partial charge on any atom is -0.337 e. The van der Waals surface area contributed by atoms with E-state index in [1.54, 1.807) is 17.4 Å². The van der Waals surface area contributed by atoms with Crippen molar-refractivity contribution < 1.29 is 13.6 Å². The third kappa shape index (κ3) is 3.43. The summed E-state index contributed by atoms with van der Waals surface area (Å²) in [6.45, 7) is 2.17. The second-order valence-corrected chi connectivity index (χ2v) is 7.35. The number of hydrogen-bond acceptors (Lipinski definition) is 2. The van der Waals surface area contributed by atoms with Crippen LogP contribution in [0.25, 0.3) is 0 Å². The maximum absolute atomic E-state index is 14.1. The summed E-state index contributed by atoms with van der Waals surface area (Å²) >= 11 is 0. The van der Waals surface area contributed by atoms with Crippen molar-refractivity contribution in [3.8, 4) is 0 Å². The monoisotopic (exact) mass is 360 g/mol. The molecule has 0 radical (unpaired) electrons. The number of aromatic nitrogens is 2. The lowest BCUT2D eigenvalue weighted by molar-refractivity contribution is 0.155. The van der Waals surface area contributed by atoms with Gasteiger partial charge in [0, 0.05) is 37.6 Å². The van der Waals surface area contributed by atoms with E-state index in [1.165, 1.54) is 6.07 Å². The molecule has 1 unspecified atom stereocenters. The number of benzene rings is 1. The van der Waals surface area contributed by atoms with Gasteiger partial charge in [-0.2, -0.15) is 0 Å². The molecule has 1 aromatic heterocycles. The second kappa shape index (κ2) is 6.70. The standard InChI is InChI=1S/C19H22F2N4O/c20-15-3-4-17(21)16(10-15)19(5-6-19)23-18(26)25-8-1-2-14(12-25)11-24-9-7-22-13-24/h3-4,7,9-10,13-14H,1-2,5-6,8,11-12H2,(H,23,26). The Hall–Kier alpha value is -2.44. The minimum atomic E-state index is -0.763. The lowest BCUT2D eigenvalue weighted by Crippen LogP contribution is -2.49. The Bertz CT molecular complexity index is 789. The number of halogens is 2. The fourth-order valence-electron chi connectivity index (χ4n) is 3.83. The molecular formula is C19H22F2N4O. The molecule has 1 saturated heterocycles. The van der Waals surface area contributed by atoms with Gasteiger partial charge in [-0.1, -0.05) is 0 Å². The van der Waals surface area contributed by atoms with Crippen LogP contribution in [0.2, 0.25) is 0 Å². The van der Waals surface area contributed by atoms with Crippen LogP contribution in [0.4, 0.5) is 13.6 Å². The first kappa shape index (κ1) is 17.0. The van der Waals surface area contributed by atoms with Crippen LogP contribution in [0.1, 0.15) is 31.2 Å². The van der Waals surface area contributed by atoms with E-state index in [9.17, 15) is 13.6 Å². The topological polar surface area (TPSA) is 50.2 Å². The zero-order chi connectivity index (χ0) is 18.1. The molecule has 26 heavy (non-hydrogen) atoms. The summed E-state index contributed by atoms with van der Waals surface area (Å²) in [7, 11) is 0. The first-order valence-corrected chi connectivity index (χ1v) is 9.04. The summed E-state index contributed by atoms with van der Waals surface area (Å²) in [5.74, 6) is -0.592. The van der Waals surface area contributed by atoms with Crippen LogP contribution in [0.3, 0.4) is 0 Å². The Kier molecular flexibility index (Phi) is 4.38. The predicted octanol–water partition coefficient (Wildman–Crippen LogP) is 3.27. The van der Waals surface area contributed by atoms with E-state index in [4.69, 9.17) is 0 Å². The Morgan fingerprint density at radius 2 is 2.19 bits per heavy atom. The molecule has 2 heterocycles. The highest BCUT2D eigenvalue weighted by molar-refractivity contribution is 5.76. The van der Waals surface area contributed by atoms with Gasteiger partial charge in [0.25, 0.3) is 0 Å². The molecule has 0 bridgehead atoms. The number of likely N-dealkylation sites (tertiary alicyclic amines) is 1. The van der Waals surface area contributed by atoms with Crippen molar-refractivity contribution in [2.24, 2.45) is 5.92 Å². The largest absolute Gasteiger partial charge is 0.337 e. The van der Waals surface area contributed by atoms with E-state index >= 15 is 0 Å². The quantitative estimate of drug-likeness (QED) is 0.910. The predicted molar refractivity (Wildman–Crippen MR) is 92.3 cm³/mol. The van der Waals surface area contributed by atoms with Crippen molar-refractivity contribution in [1.82, 2.24) is 19.8 Å². The van der Waals surface area contributed by atoms with Crippen LogP contribution >= 0.6 is 0 Å². The highest BCUT2D eigenvalue weighted by atomic mass is 19.1. The van der Waals surface area contributed by atoms with Crippen LogP contribution in [-0.2, 0) is 12.1 Å². The zero-order valence-corrected chi connectivity index (χ0v) is 14.5. The number of carbonyl (C=O) groups excluding carboxylic acids is 1. The summed E-state index contributed by atoms with van der Waals surface area (Å²) in [4.78, 5) is 18.6. The number of hydrogen-bond donors (Lipinski definition) is 1. The summed E-state index contributed by atoms with van der Waals surface area (Å²) < 4.78 is 29.7. The van der Waals surface area contributed by atoms with Crippen molar-refractivity contribution in [2.45, 2.75) is 37.8 Å². The Balaban J connectivity index is 1.42. The molecule has 1 aromatic carbocycles. The van der Waals surface area contributed by atoms with Gasteiger partial charge in [-0.3, -0.25) is 0 Å². The number of carbonyl (C=O) groups is 1. The molecule has 1 aliphatic carbocycles. The normalized spacial score (nSPS) is 21.5. The average molecular weight is 360 g/mol. The Morgan fingerprint density at radius 3 is 2.92 bits per heavy atom. The fraction of sp³-hybridized carbons (Fsp3) is 0.474. The van der Waals surface area contributed by atoms with E-state index < -0.39 is 17.2 Å². The molecule has 2 aliphatic rings. The molecule has 1 aliphatic heterocycles. The highest BCUT2D eigenvalue weighted by Crippen LogP contribution is 2.46. The first-order chi connectivity index (χ1) is 12.6. The van der Waals surface area contributed by atoms with Gasteiger partial charge in [-0.05, 0) is 49.8 Å². The number of nitrogens with one attached hydrogen (secondary N) is 1. The Morgan fingerprint density at radius 1 is 1.35 bits per heavy atom. The van der Waals surface area contributed by atoms with Gasteiger partial charge in [0.05, 0.1) is 11.9 Å². The smallest absolute Gasteiger partial charge is 0.318 e. The molecule has 0 spiro atoms. The molecule has 4 rings (SSSR count). The molecule has 2 aromatic rings. The average Bonchev–Trinajstić information content (AvgIpc) is 3.22. The van der Waals surface area contributed by atoms with Crippen molar-refractivity contribution >= 4 is 6.03 Å². The second-order valence-electron chi connectivity index (χ2n) is 7.35. The van der Waals surface area contributed by atoms with Crippen LogP contribution < -0.4 is 5.32 Å². The third-order valence-electron chi connectivity index (χ3n) is 5.37. The lowest BCUT2D eigenvalue weighted by Gasteiger charge is -2.34. The molecular weight excluding hydrogens is 338 g/mol. The summed E-state index contributed by atoms with van der Waals surface area (Å²) in [6.07, 6.45) is 8.71. The number of amides is 2. The molecule has 2 amide bonds. The Labute approximate surface area is 151 Å². The molecule has 1 atom stereocenters. The van der Waals surface area contributed by atoms with Gasteiger partial charge >= 0.3 is 6.03 Å². The molecule has 5 nitrogen and oxygen atoms in total. The SMILES string of the molecule is O=C(NC1(c2cc(F)ccc2F)CC1)N1CCCC(Cn2ccnc2)C1. The van der Waals surface area contributed by atoms with Gasteiger partial charge in [0.2, 0.25) is 0 Å². The van der Waals surface area contributed by atoms with Gasteiger partial charge in [-0.15, -0.1) is 0 Å². The molecule has 2 fully saturated rings. The molecule has 7 heteroatoms. The van der Waals surface area contributed by atoms with Crippen LogP contribution in [0.5, 0.6) is 0 Å². The van der Waals surface area contributed by atoms with Crippen LogP contribution in [0.15, 0.2) is 36.9 Å². The van der Waals surface area contributed by atoms with Crippen LogP contribution in [0, 0.1) is 17.6 Å². The van der Waals surface area contributed by atoms with Crippen molar-refractivity contribution in [1.29, 1.82) is 0 Å². The van der Waals surface area contributed by atoms with E-state index in [0.717, 1.165) is 31.5 Å². The molecule has 138 valence electrons. The van der Waals surface area contributed by atoms with E-state index in [-0.39, 0.29) is 11.6 Å². The number of urea groups is 1. The molecule has 1 N–H and O–H groups in total. The van der Waals surface area contributed by atoms with Gasteiger partial charge in [0.15, 0.2) is 0 Å². The fourth-order valence-corrected chi connectivity index (χ4v) is 3.83. The third-order valence-corrected chi connectivity index (χ3v) is 5.37. The maximum Gasteiger partial charge on any atom is 0.318 e. The summed E-state index contributed by atoms with van der Waals surface area (Å²) in [5.41, 5.74) is -0.515. The van der Waals surface area contributed by atoms with Crippen LogP contribution in [-0.4, -0.2) is 33.6 Å². The number of imidazole rings is 1. The maximum atomic E-state index is 14.1. The minimum absolute atomic E-state index is 0.193. The van der Waals surface area contributed by atoms with E-state index in [2.05, 4.69) is 10.3 Å². The van der Waals surface area contributed by atoms with E-state index in [0.29, 0.717) is 31.8 Å². The van der Waals surface area contributed by atoms with E-state index in [1.807, 2.05) is 10.8 Å². The van der Waals surface area contributed by atoms with Gasteiger partial charge < -0.3 is 14.8 Å². The van der Waals surface area contributed by atoms with Gasteiger partial charge in [-0.25, -0.2) is 18.6 Å². The highest BCUT2D eigenvalue weighted by Gasteiger charge is 2.48. The number of rotatable bonds is 4. The lowest BCUT2D eigenvalue weighted by atomic mass is 9.98. The number of piperidine rings is 1. The van der Waals surface area contributed by atoms with Crippen molar-refractivity contribution in [3.63, 3.8) is 0 Å². The van der Waals surface area contributed by atoms with Gasteiger partial charge in [0.1, 0.15) is 11.6 Å². The van der Waals surface area contributed by atoms with Crippen molar-refractivity contribution in [2.75, 3.05) is 13.1 Å². The summed E-state index contributed by atoms with van der Waals surface area (Å²) in [6, 6.07) is 3.23. The first-order valence-electron chi connectivity index (χ1n) is 9.04. The zero-order valence-electron chi connectivity index (χ0n) is 14.5. The number of nitrogens with zero attached hydrogens (tertiary/aromatic N) is 3. The summed E-state index contributed by atoms with van der Waals surface area (Å²) in [5, 5.41) is 2.96. The molecule has 1 saturated carbocycles. The van der Waals surface area contributed by atoms with Crippen molar-refractivity contribution in [3.05, 3.63) is 54.1 Å².